The number of unbranched alkanes of at least 4 members (excludes halogenated alkanes) is 3. The summed E-state index contributed by atoms with van der Waals surface area (Å²) in [6, 6.07) is 0. The molecule has 0 aromatic rings. The fourth-order valence-corrected chi connectivity index (χ4v) is 3.50. The van der Waals surface area contributed by atoms with Crippen molar-refractivity contribution in [2.24, 2.45) is 0 Å². The number of allylic oxidation sites excluding steroid dienone is 1. The van der Waals surface area contributed by atoms with E-state index in [0.717, 1.165) is 25.7 Å². The molecule has 0 aromatic carbocycles. The van der Waals surface area contributed by atoms with Crippen LogP contribution in [0.4, 0.5) is 0 Å². The molecule has 0 fully saturated rings. The first-order chi connectivity index (χ1) is 11.8. The zero-order valence-corrected chi connectivity index (χ0v) is 18.3. The smallest absolute Gasteiger partial charge is 0.748 e. The van der Waals surface area contributed by atoms with Gasteiger partial charge in [0.2, 0.25) is 5.78 Å². The van der Waals surface area contributed by atoms with Crippen molar-refractivity contribution >= 4 is 21.7 Å². The van der Waals surface area contributed by atoms with E-state index in [1.165, 1.54) is 0 Å². The van der Waals surface area contributed by atoms with Gasteiger partial charge >= 0.3 is 35.4 Å². The van der Waals surface area contributed by atoms with Gasteiger partial charge in [-0.1, -0.05) is 12.5 Å². The fraction of sp³-hybridized carbons (Fsp3) is 0.750. The Bertz CT molecular complexity index is 594. The summed E-state index contributed by atoms with van der Waals surface area (Å²) < 4.78 is 33.9. The molecule has 10 heteroatoms. The number of aliphatic hydroxyl groups is 2. The third-order valence-corrected chi connectivity index (χ3v) is 4.79. The molecule has 2 N–H and O–H groups in total. The van der Waals surface area contributed by atoms with Gasteiger partial charge in [0.05, 0.1) is 22.5 Å². The minimum Gasteiger partial charge on any atom is -0.748 e. The third kappa shape index (κ3) is 9.59. The van der Waals surface area contributed by atoms with Crippen molar-refractivity contribution in [2.75, 3.05) is 38.5 Å². The zero-order chi connectivity index (χ0) is 18.9. The summed E-state index contributed by atoms with van der Waals surface area (Å²) in [5, 5.41) is 19.0. The molecule has 0 radical (unpaired) electrons. The van der Waals surface area contributed by atoms with Gasteiger partial charge in [-0.3, -0.25) is 14.3 Å². The van der Waals surface area contributed by atoms with Crippen LogP contribution in [0, 0.1) is 0 Å². The molecule has 1 atom stereocenters. The van der Waals surface area contributed by atoms with E-state index in [-0.39, 0.29) is 48.5 Å². The molecule has 26 heavy (non-hydrogen) atoms. The minimum absolute atomic E-state index is 0. The first-order valence-electron chi connectivity index (χ1n) is 8.52. The van der Waals surface area contributed by atoms with Crippen molar-refractivity contribution in [1.29, 1.82) is 0 Å². The van der Waals surface area contributed by atoms with E-state index in [4.69, 9.17) is 5.11 Å². The molecule has 1 unspecified atom stereocenters. The van der Waals surface area contributed by atoms with E-state index in [0.29, 0.717) is 31.9 Å². The molecule has 0 aliphatic carbocycles. The van der Waals surface area contributed by atoms with Gasteiger partial charge in [0.1, 0.15) is 32.3 Å². The Morgan fingerprint density at radius 1 is 1.38 bits per heavy atom. The number of carbonyl (C=O) groups is 1. The van der Waals surface area contributed by atoms with E-state index < -0.39 is 22.0 Å². The van der Waals surface area contributed by atoms with E-state index in [2.05, 4.69) is 6.58 Å². The number of hydrogen-bond donors (Lipinski definition) is 2. The summed E-state index contributed by atoms with van der Waals surface area (Å²) in [6.07, 6.45) is 4.34. The Labute approximate surface area is 177 Å². The van der Waals surface area contributed by atoms with Crippen LogP contribution in [0.25, 0.3) is 0 Å². The predicted octanol–water partition coefficient (Wildman–Crippen LogP) is -3.68. The Kier molecular flexibility index (Phi) is 12.8. The maximum absolute atomic E-state index is 12.6. The minimum atomic E-state index is -4.53. The monoisotopic (exact) mass is 399 g/mol. The second kappa shape index (κ2) is 13.0. The Balaban J connectivity index is 0.00000625. The SMILES string of the molecule is C=CCCCCCC(=O)C1=[N+](CC(O)CS(=O)(=O)[O-])CCN1CCO.[Na+]. The number of amidine groups is 1. The normalized spacial score (nSPS) is 15.7. The topological polar surface area (TPSA) is 121 Å². The van der Waals surface area contributed by atoms with Gasteiger partial charge < -0.3 is 14.8 Å². The molecule has 0 aromatic heterocycles. The number of aliphatic hydroxyl groups excluding tert-OH is 2. The molecule has 1 heterocycles. The molecule has 1 aliphatic rings. The van der Waals surface area contributed by atoms with Crippen LogP contribution >= 0.6 is 0 Å². The van der Waals surface area contributed by atoms with E-state index >= 15 is 0 Å². The summed E-state index contributed by atoms with van der Waals surface area (Å²) in [5.74, 6) is -0.589. The standard InChI is InChI=1S/C16H28N2O6S.Na/c1-2-3-4-5-6-7-15(21)16-17(10-11-19)8-9-18(16)12-14(20)13-25(22,23)24;/h2,14,19-20H,1,3-13H2;/q;+1. The molecule has 0 amide bonds. The van der Waals surface area contributed by atoms with E-state index in [9.17, 15) is 22.9 Å². The van der Waals surface area contributed by atoms with Gasteiger partial charge in [-0.2, -0.15) is 0 Å². The molecule has 0 saturated heterocycles. The first-order valence-corrected chi connectivity index (χ1v) is 10.1. The molecule has 1 rings (SSSR count). The summed E-state index contributed by atoms with van der Waals surface area (Å²) in [4.78, 5) is 14.3. The van der Waals surface area contributed by atoms with Crippen molar-refractivity contribution in [1.82, 2.24) is 4.90 Å². The molecule has 8 nitrogen and oxygen atoms in total. The third-order valence-electron chi connectivity index (χ3n) is 4.00. The number of nitrogens with zero attached hydrogens (tertiary/aromatic N) is 2. The van der Waals surface area contributed by atoms with Crippen LogP contribution in [-0.4, -0.2) is 88.9 Å². The van der Waals surface area contributed by atoms with Crippen LogP contribution in [0.5, 0.6) is 0 Å². The average Bonchev–Trinajstić information content (AvgIpc) is 2.87. The molecular weight excluding hydrogens is 371 g/mol. The molecule has 0 bridgehead atoms. The Morgan fingerprint density at radius 3 is 2.65 bits per heavy atom. The van der Waals surface area contributed by atoms with Crippen LogP contribution in [-0.2, 0) is 14.9 Å². The van der Waals surface area contributed by atoms with Crippen LogP contribution < -0.4 is 29.6 Å². The zero-order valence-electron chi connectivity index (χ0n) is 15.5. The van der Waals surface area contributed by atoms with Crippen molar-refractivity contribution in [3.8, 4) is 0 Å². The second-order valence-electron chi connectivity index (χ2n) is 6.17. The summed E-state index contributed by atoms with van der Waals surface area (Å²) in [5.41, 5.74) is 0. The van der Waals surface area contributed by atoms with Gasteiger partial charge in [0.15, 0.2) is 0 Å². The molecule has 0 spiro atoms. The molecular formula is C16H28N2NaO6S+. The van der Waals surface area contributed by atoms with E-state index in [1.54, 1.807) is 9.48 Å². The number of Topliss-reactive ketones (excluding diaryl/α,β-unsaturated/α-hetero) is 1. The number of hydrogen-bond acceptors (Lipinski definition) is 7. The van der Waals surface area contributed by atoms with Gasteiger partial charge in [-0.25, -0.2) is 8.42 Å². The van der Waals surface area contributed by atoms with Crippen molar-refractivity contribution in [3.63, 3.8) is 0 Å². The van der Waals surface area contributed by atoms with Gasteiger partial charge in [0.25, 0.3) is 0 Å². The predicted molar refractivity (Wildman–Crippen MR) is 92.5 cm³/mol. The van der Waals surface area contributed by atoms with Crippen LogP contribution in [0.15, 0.2) is 12.7 Å². The molecule has 144 valence electrons. The number of ketones is 1. The summed E-state index contributed by atoms with van der Waals surface area (Å²) >= 11 is 0. The number of β-amino-alcohol motifs (C(OH)–C–C–N with tert-alkyl or cyclic N) is 2. The van der Waals surface area contributed by atoms with Crippen molar-refractivity contribution in [3.05, 3.63) is 12.7 Å². The fourth-order valence-electron chi connectivity index (χ4n) is 2.93. The van der Waals surface area contributed by atoms with Gasteiger partial charge in [-0.15, -0.1) is 6.58 Å². The number of rotatable bonds is 13. The maximum Gasteiger partial charge on any atom is 1.00 e. The summed E-state index contributed by atoms with van der Waals surface area (Å²) in [6.45, 7) is 4.69. The Hall–Kier alpha value is -0.290. The van der Waals surface area contributed by atoms with Crippen molar-refractivity contribution < 1.29 is 62.1 Å². The maximum atomic E-state index is 12.6. The summed E-state index contributed by atoms with van der Waals surface area (Å²) in [7, 11) is -4.53. The van der Waals surface area contributed by atoms with Gasteiger partial charge in [-0.05, 0) is 19.3 Å². The van der Waals surface area contributed by atoms with Gasteiger partial charge in [0, 0.05) is 6.42 Å². The van der Waals surface area contributed by atoms with Crippen LogP contribution in [0.1, 0.15) is 32.1 Å². The quantitative estimate of drug-likeness (QED) is 0.108. The first kappa shape index (κ1) is 25.7. The number of carbonyl (C=O) groups excluding carboxylic acids is 1. The van der Waals surface area contributed by atoms with Crippen LogP contribution in [0.3, 0.4) is 0 Å². The largest absolute Gasteiger partial charge is 1.00 e. The molecule has 0 saturated carbocycles. The second-order valence-corrected chi connectivity index (χ2v) is 7.62. The Morgan fingerprint density at radius 2 is 2.08 bits per heavy atom. The van der Waals surface area contributed by atoms with Crippen molar-refractivity contribution in [2.45, 2.75) is 38.2 Å². The van der Waals surface area contributed by atoms with E-state index in [1.807, 2.05) is 6.08 Å². The average molecular weight is 399 g/mol. The molecule has 1 aliphatic heterocycles. The van der Waals surface area contributed by atoms with Crippen LogP contribution in [0.2, 0.25) is 0 Å².